The number of amides is 3. The van der Waals surface area contributed by atoms with Crippen molar-refractivity contribution in [3.8, 4) is 0 Å². The van der Waals surface area contributed by atoms with Crippen molar-refractivity contribution in [2.45, 2.75) is 19.0 Å². The number of rotatable bonds is 3. The van der Waals surface area contributed by atoms with E-state index in [1.54, 1.807) is 0 Å². The molecule has 1 aliphatic heterocycles. The molecule has 0 spiro atoms. The van der Waals surface area contributed by atoms with E-state index in [2.05, 4.69) is 5.32 Å². The Bertz CT molecular complexity index is 429. The van der Waals surface area contributed by atoms with Crippen LogP contribution in [-0.4, -0.2) is 38.2 Å². The van der Waals surface area contributed by atoms with Gasteiger partial charge in [0.25, 0.3) is 0 Å². The van der Waals surface area contributed by atoms with E-state index in [4.69, 9.17) is 5.73 Å². The van der Waals surface area contributed by atoms with Crippen LogP contribution in [0.1, 0.15) is 6.92 Å². The highest BCUT2D eigenvalue weighted by Crippen LogP contribution is 2.08. The second-order valence-corrected chi connectivity index (χ2v) is 5.44. The number of imide groups is 1. The number of sulfone groups is 1. The number of primary amides is 1. The molecular weight excluding hydrogens is 234 g/mol. The van der Waals surface area contributed by atoms with Crippen molar-refractivity contribution in [1.82, 2.24) is 10.6 Å². The maximum atomic E-state index is 11.3. The Balaban J connectivity index is 2.47. The summed E-state index contributed by atoms with van der Waals surface area (Å²) in [6, 6.07) is -2.05. The Kier molecular flexibility index (Phi) is 3.66. The number of nitrogens with two attached hydrogens (primary N) is 1. The summed E-state index contributed by atoms with van der Waals surface area (Å²) in [7, 11) is -3.16. The van der Waals surface area contributed by atoms with Crippen LogP contribution in [0.3, 0.4) is 0 Å². The van der Waals surface area contributed by atoms with Crippen LogP contribution in [0.15, 0.2) is 11.5 Å². The van der Waals surface area contributed by atoms with Crippen LogP contribution in [0.4, 0.5) is 4.79 Å². The SMILES string of the molecule is CC(NC1C=CS(=O)(=O)C1)C(=O)NC(N)=O. The van der Waals surface area contributed by atoms with Gasteiger partial charge in [-0.1, -0.05) is 6.08 Å². The summed E-state index contributed by atoms with van der Waals surface area (Å²) in [6.45, 7) is 1.51. The van der Waals surface area contributed by atoms with Gasteiger partial charge in [0, 0.05) is 11.4 Å². The lowest BCUT2D eigenvalue weighted by Crippen LogP contribution is -2.49. The number of carbonyl (C=O) groups is 2. The van der Waals surface area contributed by atoms with Gasteiger partial charge in [-0.25, -0.2) is 13.2 Å². The average molecular weight is 247 g/mol. The van der Waals surface area contributed by atoms with E-state index in [0.29, 0.717) is 0 Å². The molecule has 7 nitrogen and oxygen atoms in total. The molecule has 0 aromatic carbocycles. The average Bonchev–Trinajstić information content (AvgIpc) is 2.44. The lowest BCUT2D eigenvalue weighted by atomic mass is 10.2. The predicted molar refractivity (Wildman–Crippen MR) is 57.0 cm³/mol. The lowest BCUT2D eigenvalue weighted by Gasteiger charge is -2.16. The molecule has 0 saturated carbocycles. The third kappa shape index (κ3) is 3.63. The van der Waals surface area contributed by atoms with Gasteiger partial charge in [-0.15, -0.1) is 0 Å². The Morgan fingerprint density at radius 1 is 1.50 bits per heavy atom. The Labute approximate surface area is 93.0 Å². The van der Waals surface area contributed by atoms with E-state index < -0.39 is 33.9 Å². The third-order valence-electron chi connectivity index (χ3n) is 2.03. The number of urea groups is 1. The van der Waals surface area contributed by atoms with Gasteiger partial charge >= 0.3 is 6.03 Å². The molecule has 0 aliphatic carbocycles. The fourth-order valence-corrected chi connectivity index (χ4v) is 2.55. The Morgan fingerprint density at radius 2 is 2.12 bits per heavy atom. The fraction of sp³-hybridized carbons (Fsp3) is 0.500. The van der Waals surface area contributed by atoms with Crippen molar-refractivity contribution >= 4 is 21.8 Å². The molecule has 0 aromatic rings. The fourth-order valence-electron chi connectivity index (χ4n) is 1.31. The molecule has 4 N–H and O–H groups in total. The van der Waals surface area contributed by atoms with E-state index in [-0.39, 0.29) is 5.75 Å². The standard InChI is InChI=1S/C8H13N3O4S/c1-5(7(12)11-8(9)13)10-6-2-3-16(14,15)4-6/h2-3,5-6,10H,4H2,1H3,(H3,9,11,12,13). The van der Waals surface area contributed by atoms with Crippen molar-refractivity contribution in [3.05, 3.63) is 11.5 Å². The van der Waals surface area contributed by atoms with Crippen LogP contribution >= 0.6 is 0 Å². The second kappa shape index (κ2) is 4.62. The highest BCUT2D eigenvalue weighted by Gasteiger charge is 2.25. The predicted octanol–water partition coefficient (Wildman–Crippen LogP) is -1.53. The van der Waals surface area contributed by atoms with Crippen LogP contribution in [0.25, 0.3) is 0 Å². The van der Waals surface area contributed by atoms with E-state index >= 15 is 0 Å². The van der Waals surface area contributed by atoms with Gasteiger partial charge < -0.3 is 5.73 Å². The zero-order chi connectivity index (χ0) is 12.3. The number of nitrogens with one attached hydrogen (secondary N) is 2. The first-order chi connectivity index (χ1) is 7.30. The summed E-state index contributed by atoms with van der Waals surface area (Å²) >= 11 is 0. The highest BCUT2D eigenvalue weighted by atomic mass is 32.2. The zero-order valence-corrected chi connectivity index (χ0v) is 9.45. The summed E-state index contributed by atoms with van der Waals surface area (Å²) in [5.41, 5.74) is 4.77. The van der Waals surface area contributed by atoms with E-state index in [1.807, 2.05) is 5.32 Å². The highest BCUT2D eigenvalue weighted by molar-refractivity contribution is 7.94. The summed E-state index contributed by atoms with van der Waals surface area (Å²) in [5.74, 6) is -0.675. The molecule has 0 saturated heterocycles. The molecule has 0 radical (unpaired) electrons. The molecule has 16 heavy (non-hydrogen) atoms. The maximum absolute atomic E-state index is 11.3. The minimum Gasteiger partial charge on any atom is -0.351 e. The molecular formula is C8H13N3O4S. The van der Waals surface area contributed by atoms with Gasteiger partial charge in [0.15, 0.2) is 9.84 Å². The van der Waals surface area contributed by atoms with Crippen molar-refractivity contribution in [3.63, 3.8) is 0 Å². The first-order valence-corrected chi connectivity index (χ1v) is 6.29. The van der Waals surface area contributed by atoms with Crippen LogP contribution < -0.4 is 16.4 Å². The van der Waals surface area contributed by atoms with Gasteiger partial charge in [0.2, 0.25) is 5.91 Å². The summed E-state index contributed by atoms with van der Waals surface area (Å²) < 4.78 is 22.1. The van der Waals surface area contributed by atoms with E-state index in [1.165, 1.54) is 13.0 Å². The molecule has 0 fully saturated rings. The molecule has 0 bridgehead atoms. The van der Waals surface area contributed by atoms with Gasteiger partial charge in [0.05, 0.1) is 11.8 Å². The third-order valence-corrected chi connectivity index (χ3v) is 3.43. The van der Waals surface area contributed by atoms with E-state index in [0.717, 1.165) is 5.41 Å². The Hall–Kier alpha value is -1.41. The largest absolute Gasteiger partial charge is 0.351 e. The molecule has 90 valence electrons. The van der Waals surface area contributed by atoms with Crippen LogP contribution in [0, 0.1) is 0 Å². The quantitative estimate of drug-likeness (QED) is 0.559. The molecule has 1 rings (SSSR count). The van der Waals surface area contributed by atoms with Crippen LogP contribution in [0.2, 0.25) is 0 Å². The molecule has 2 unspecified atom stereocenters. The van der Waals surface area contributed by atoms with Crippen molar-refractivity contribution in [1.29, 1.82) is 0 Å². The monoisotopic (exact) mass is 247 g/mol. The second-order valence-electron chi connectivity index (χ2n) is 3.51. The Morgan fingerprint density at radius 3 is 2.56 bits per heavy atom. The van der Waals surface area contributed by atoms with Crippen molar-refractivity contribution in [2.24, 2.45) is 5.73 Å². The number of hydrogen-bond donors (Lipinski definition) is 3. The molecule has 1 aliphatic rings. The van der Waals surface area contributed by atoms with Crippen molar-refractivity contribution in [2.75, 3.05) is 5.75 Å². The molecule has 1 heterocycles. The van der Waals surface area contributed by atoms with Gasteiger partial charge in [0.1, 0.15) is 0 Å². The van der Waals surface area contributed by atoms with E-state index in [9.17, 15) is 18.0 Å². The van der Waals surface area contributed by atoms with Crippen LogP contribution in [0.5, 0.6) is 0 Å². The first-order valence-electron chi connectivity index (χ1n) is 4.57. The first kappa shape index (κ1) is 12.7. The minimum absolute atomic E-state index is 0.0822. The molecule has 0 aromatic heterocycles. The summed E-state index contributed by atoms with van der Waals surface area (Å²) in [4.78, 5) is 21.7. The van der Waals surface area contributed by atoms with Crippen LogP contribution in [-0.2, 0) is 14.6 Å². The minimum atomic E-state index is -3.16. The van der Waals surface area contributed by atoms with Gasteiger partial charge in [-0.05, 0) is 6.92 Å². The molecule has 3 amide bonds. The normalized spacial score (nSPS) is 23.9. The maximum Gasteiger partial charge on any atom is 0.318 e. The lowest BCUT2D eigenvalue weighted by molar-refractivity contribution is -0.121. The topological polar surface area (TPSA) is 118 Å². The number of hydrogen-bond acceptors (Lipinski definition) is 5. The summed E-state index contributed by atoms with van der Waals surface area (Å²) in [6.07, 6.45) is 1.46. The number of carbonyl (C=O) groups excluding carboxylic acids is 2. The van der Waals surface area contributed by atoms with Crippen molar-refractivity contribution < 1.29 is 18.0 Å². The summed E-state index contributed by atoms with van der Waals surface area (Å²) in [5, 5.41) is 5.76. The van der Waals surface area contributed by atoms with Gasteiger partial charge in [-0.2, -0.15) is 0 Å². The molecule has 8 heteroatoms. The zero-order valence-electron chi connectivity index (χ0n) is 8.64. The smallest absolute Gasteiger partial charge is 0.318 e. The molecule has 2 atom stereocenters. The van der Waals surface area contributed by atoms with Gasteiger partial charge in [-0.3, -0.25) is 15.4 Å².